The SMILES string of the molecule is Cc1cccc2[nH]c([C@@]3(C)CC(c4ccc5c(=O)n(-c6ccc(F)cc6)c(CCCCC(=O)O)nc5c4)=NO3)nc12. The first-order valence-electron chi connectivity index (χ1n) is 13.5. The fourth-order valence-electron chi connectivity index (χ4n) is 5.24. The fourth-order valence-corrected chi connectivity index (χ4v) is 5.24. The van der Waals surface area contributed by atoms with Crippen molar-refractivity contribution in [3.8, 4) is 5.69 Å². The Balaban J connectivity index is 1.34. The molecule has 10 heteroatoms. The number of carbonyl (C=O) groups is 1. The number of carboxylic acid groups (broad SMARTS) is 1. The summed E-state index contributed by atoms with van der Waals surface area (Å²) in [5.41, 5.74) is 4.29. The fraction of sp³-hybridized carbons (Fsp3) is 0.258. The van der Waals surface area contributed by atoms with E-state index in [0.717, 1.165) is 22.2 Å². The molecule has 0 spiro atoms. The van der Waals surface area contributed by atoms with Gasteiger partial charge in [-0.1, -0.05) is 23.4 Å². The van der Waals surface area contributed by atoms with Gasteiger partial charge in [-0.15, -0.1) is 0 Å². The highest BCUT2D eigenvalue weighted by Gasteiger charge is 2.39. The molecule has 0 unspecified atom stereocenters. The molecular formula is C31H28FN5O4. The molecule has 208 valence electrons. The zero-order valence-electron chi connectivity index (χ0n) is 22.6. The summed E-state index contributed by atoms with van der Waals surface area (Å²) in [4.78, 5) is 43.6. The van der Waals surface area contributed by atoms with Gasteiger partial charge in [0.05, 0.1) is 33.3 Å². The minimum Gasteiger partial charge on any atom is -0.481 e. The van der Waals surface area contributed by atoms with Gasteiger partial charge in [0.2, 0.25) is 0 Å². The molecule has 3 heterocycles. The van der Waals surface area contributed by atoms with Gasteiger partial charge < -0.3 is 14.9 Å². The second-order valence-electron chi connectivity index (χ2n) is 10.6. The van der Waals surface area contributed by atoms with Gasteiger partial charge in [-0.25, -0.2) is 14.4 Å². The number of benzene rings is 3. The predicted molar refractivity (Wildman–Crippen MR) is 153 cm³/mol. The van der Waals surface area contributed by atoms with E-state index in [1.165, 1.54) is 28.8 Å². The van der Waals surface area contributed by atoms with Crippen molar-refractivity contribution < 1.29 is 19.1 Å². The molecule has 6 rings (SSSR count). The molecule has 9 nitrogen and oxygen atoms in total. The lowest BCUT2D eigenvalue weighted by molar-refractivity contribution is -0.137. The number of nitrogens with zero attached hydrogens (tertiary/aromatic N) is 4. The number of oxime groups is 1. The number of aliphatic carboxylic acids is 1. The number of unbranched alkanes of at least 4 members (excludes halogenated alkanes) is 1. The molecule has 2 N–H and O–H groups in total. The Labute approximate surface area is 234 Å². The largest absolute Gasteiger partial charge is 0.481 e. The number of hydrogen-bond donors (Lipinski definition) is 2. The van der Waals surface area contributed by atoms with Crippen LogP contribution >= 0.6 is 0 Å². The maximum absolute atomic E-state index is 13.7. The number of rotatable bonds is 8. The van der Waals surface area contributed by atoms with Crippen LogP contribution in [0.15, 0.2) is 70.6 Å². The highest BCUT2D eigenvalue weighted by molar-refractivity contribution is 6.04. The Morgan fingerprint density at radius 1 is 1.12 bits per heavy atom. The van der Waals surface area contributed by atoms with Crippen LogP contribution in [0.5, 0.6) is 0 Å². The summed E-state index contributed by atoms with van der Waals surface area (Å²) < 4.78 is 15.1. The number of fused-ring (bicyclic) bond motifs is 2. The average molecular weight is 554 g/mol. The molecule has 0 amide bonds. The van der Waals surface area contributed by atoms with Gasteiger partial charge in [-0.2, -0.15) is 0 Å². The van der Waals surface area contributed by atoms with Crippen LogP contribution in [0.25, 0.3) is 27.6 Å². The number of aromatic amines is 1. The van der Waals surface area contributed by atoms with Gasteiger partial charge >= 0.3 is 5.97 Å². The number of halogens is 1. The minimum atomic E-state index is -0.874. The maximum atomic E-state index is 13.7. The average Bonchev–Trinajstić information content (AvgIpc) is 3.58. The van der Waals surface area contributed by atoms with Crippen molar-refractivity contribution in [3.63, 3.8) is 0 Å². The van der Waals surface area contributed by atoms with Crippen molar-refractivity contribution in [3.05, 3.63) is 99.6 Å². The van der Waals surface area contributed by atoms with Crippen LogP contribution < -0.4 is 5.56 Å². The zero-order chi connectivity index (χ0) is 28.7. The van der Waals surface area contributed by atoms with Crippen molar-refractivity contribution in [1.82, 2.24) is 19.5 Å². The Bertz CT molecular complexity index is 1890. The van der Waals surface area contributed by atoms with Crippen molar-refractivity contribution in [2.75, 3.05) is 0 Å². The van der Waals surface area contributed by atoms with Gasteiger partial charge in [0.25, 0.3) is 5.56 Å². The highest BCUT2D eigenvalue weighted by Crippen LogP contribution is 2.36. The topological polar surface area (TPSA) is 122 Å². The first-order valence-corrected chi connectivity index (χ1v) is 13.5. The van der Waals surface area contributed by atoms with Crippen LogP contribution in [0, 0.1) is 12.7 Å². The van der Waals surface area contributed by atoms with Gasteiger partial charge in [-0.3, -0.25) is 14.2 Å². The molecule has 5 aromatic rings. The van der Waals surface area contributed by atoms with Crippen LogP contribution in [-0.4, -0.2) is 36.3 Å². The molecule has 1 aliphatic rings. The third kappa shape index (κ3) is 4.97. The standard InChI is InChI=1S/C31H28FN5O4/c1-18-6-5-7-23-28(18)35-30(34-23)31(2)17-25(36-41-31)19-10-15-22-24(16-19)33-26(8-3-4-9-27(38)39)37(29(22)40)21-13-11-20(32)12-14-21/h5-7,10-16H,3-4,8-9,17H2,1-2H3,(H,34,35)(H,38,39)/t31-/m1/s1. The molecule has 0 radical (unpaired) electrons. The second-order valence-corrected chi connectivity index (χ2v) is 10.6. The number of H-pyrrole nitrogens is 1. The molecule has 0 aliphatic carbocycles. The van der Waals surface area contributed by atoms with Crippen LogP contribution in [0.1, 0.15) is 55.4 Å². The number of aryl methyl sites for hydroxylation is 2. The van der Waals surface area contributed by atoms with Crippen LogP contribution in [0.4, 0.5) is 4.39 Å². The van der Waals surface area contributed by atoms with Crippen molar-refractivity contribution in [2.24, 2.45) is 5.16 Å². The summed E-state index contributed by atoms with van der Waals surface area (Å²) in [5, 5.41) is 13.8. The van der Waals surface area contributed by atoms with Crippen molar-refractivity contribution >= 4 is 33.6 Å². The van der Waals surface area contributed by atoms with E-state index in [9.17, 15) is 14.0 Å². The van der Waals surface area contributed by atoms with E-state index in [4.69, 9.17) is 19.9 Å². The molecule has 2 aromatic heterocycles. The summed E-state index contributed by atoms with van der Waals surface area (Å²) in [6, 6.07) is 17.0. The van der Waals surface area contributed by atoms with E-state index < -0.39 is 17.4 Å². The number of imidazole rings is 1. The first kappa shape index (κ1) is 26.4. The number of nitrogens with one attached hydrogen (secondary N) is 1. The summed E-state index contributed by atoms with van der Waals surface area (Å²) in [5.74, 6) is -0.122. The maximum Gasteiger partial charge on any atom is 0.303 e. The lowest BCUT2D eigenvalue weighted by Crippen LogP contribution is -2.25. The second kappa shape index (κ2) is 10.3. The van der Waals surface area contributed by atoms with E-state index >= 15 is 0 Å². The summed E-state index contributed by atoms with van der Waals surface area (Å²) >= 11 is 0. The van der Waals surface area contributed by atoms with Gasteiger partial charge in [0.15, 0.2) is 11.4 Å². The third-order valence-electron chi connectivity index (χ3n) is 7.48. The van der Waals surface area contributed by atoms with Crippen LogP contribution in [-0.2, 0) is 21.7 Å². The predicted octanol–water partition coefficient (Wildman–Crippen LogP) is 5.55. The van der Waals surface area contributed by atoms with Crippen LogP contribution in [0.3, 0.4) is 0 Å². The molecule has 3 aromatic carbocycles. The van der Waals surface area contributed by atoms with E-state index in [1.54, 1.807) is 6.07 Å². The van der Waals surface area contributed by atoms with E-state index in [1.807, 2.05) is 44.2 Å². The van der Waals surface area contributed by atoms with E-state index in [2.05, 4.69) is 10.1 Å². The number of hydrogen-bond acceptors (Lipinski definition) is 6. The Morgan fingerprint density at radius 3 is 2.68 bits per heavy atom. The monoisotopic (exact) mass is 553 g/mol. The molecule has 0 saturated heterocycles. The zero-order valence-corrected chi connectivity index (χ0v) is 22.6. The third-order valence-corrected chi connectivity index (χ3v) is 7.48. The van der Waals surface area contributed by atoms with Gasteiger partial charge in [0.1, 0.15) is 11.6 Å². The lowest BCUT2D eigenvalue weighted by atomic mass is 9.95. The van der Waals surface area contributed by atoms with E-state index in [0.29, 0.717) is 59.6 Å². The van der Waals surface area contributed by atoms with Crippen LogP contribution in [0.2, 0.25) is 0 Å². The van der Waals surface area contributed by atoms with Crippen molar-refractivity contribution in [1.29, 1.82) is 0 Å². The Kier molecular flexibility index (Phi) is 6.61. The molecular weight excluding hydrogens is 525 g/mol. The molecule has 1 atom stereocenters. The lowest BCUT2D eigenvalue weighted by Gasteiger charge is -2.18. The molecule has 0 saturated carbocycles. The molecule has 0 bridgehead atoms. The Hall–Kier alpha value is -4.86. The first-order chi connectivity index (χ1) is 19.7. The number of para-hydroxylation sites is 1. The molecule has 1 aliphatic heterocycles. The molecule has 0 fully saturated rings. The van der Waals surface area contributed by atoms with Gasteiger partial charge in [-0.05, 0) is 74.7 Å². The molecule has 41 heavy (non-hydrogen) atoms. The quantitative estimate of drug-likeness (QED) is 0.243. The van der Waals surface area contributed by atoms with Crippen molar-refractivity contribution in [2.45, 2.75) is 51.6 Å². The summed E-state index contributed by atoms with van der Waals surface area (Å²) in [6.07, 6.45) is 1.85. The smallest absolute Gasteiger partial charge is 0.303 e. The minimum absolute atomic E-state index is 0.0297. The van der Waals surface area contributed by atoms with Gasteiger partial charge in [0, 0.05) is 24.8 Å². The summed E-state index contributed by atoms with van der Waals surface area (Å²) in [6.45, 7) is 3.95. The number of carboxylic acids is 1. The normalized spacial score (nSPS) is 16.7. The summed E-state index contributed by atoms with van der Waals surface area (Å²) in [7, 11) is 0. The number of aromatic nitrogens is 4. The highest BCUT2D eigenvalue weighted by atomic mass is 19.1. The van der Waals surface area contributed by atoms with E-state index in [-0.39, 0.29) is 12.0 Å². The Morgan fingerprint density at radius 2 is 1.93 bits per heavy atom.